The highest BCUT2D eigenvalue weighted by Gasteiger charge is 2.22. The van der Waals surface area contributed by atoms with Crippen LogP contribution in [0, 0.1) is 0 Å². The van der Waals surface area contributed by atoms with E-state index in [4.69, 9.17) is 19.4 Å². The average Bonchev–Trinajstić information content (AvgIpc) is 3.71. The van der Waals surface area contributed by atoms with Gasteiger partial charge in [0.25, 0.3) is 0 Å². The molecule has 0 aliphatic heterocycles. The van der Waals surface area contributed by atoms with Gasteiger partial charge in [0, 0.05) is 28.3 Å². The van der Waals surface area contributed by atoms with E-state index in [2.05, 4.69) is 75.7 Å². The molecule has 0 fully saturated rings. The zero-order chi connectivity index (χ0) is 26.9. The highest BCUT2D eigenvalue weighted by molar-refractivity contribution is 6.10. The lowest BCUT2D eigenvalue weighted by atomic mass is 10.0. The molecule has 9 aromatic rings. The molecule has 0 unspecified atom stereocenters. The quantitative estimate of drug-likeness (QED) is 0.231. The van der Waals surface area contributed by atoms with Crippen LogP contribution < -0.4 is 0 Å². The molecule has 0 bridgehead atoms. The van der Waals surface area contributed by atoms with Gasteiger partial charge in [-0.3, -0.25) is 8.80 Å². The normalized spacial score (nSPS) is 11.9. The second-order valence-corrected chi connectivity index (χ2v) is 10.2. The number of benzene rings is 4. The van der Waals surface area contributed by atoms with Crippen LogP contribution >= 0.6 is 0 Å². The molecule has 0 radical (unpaired) electrons. The van der Waals surface area contributed by atoms with Gasteiger partial charge in [-0.05, 0) is 36.4 Å². The number of aromatic nitrogens is 5. The van der Waals surface area contributed by atoms with Crippen LogP contribution in [0.15, 0.2) is 132 Å². The lowest BCUT2D eigenvalue weighted by molar-refractivity contribution is 0.643. The number of hydrogen-bond acceptors (Lipinski definition) is 4. The molecule has 5 aromatic heterocycles. The number of rotatable bonds is 3. The molecular formula is C35H21N5O. The van der Waals surface area contributed by atoms with Crippen molar-refractivity contribution in [1.29, 1.82) is 0 Å². The van der Waals surface area contributed by atoms with Gasteiger partial charge in [-0.2, -0.15) is 4.98 Å². The molecule has 6 heteroatoms. The van der Waals surface area contributed by atoms with Crippen molar-refractivity contribution in [1.82, 2.24) is 23.8 Å². The number of nitrogens with zero attached hydrogens (tertiary/aromatic N) is 5. The molecule has 4 aromatic carbocycles. The first-order chi connectivity index (χ1) is 20.3. The fraction of sp³-hybridized carbons (Fsp3) is 0. The minimum atomic E-state index is 0.560. The molecule has 6 nitrogen and oxygen atoms in total. The summed E-state index contributed by atoms with van der Waals surface area (Å²) < 4.78 is 10.4. The molecule has 0 aliphatic rings. The van der Waals surface area contributed by atoms with E-state index in [0.29, 0.717) is 5.84 Å². The average molecular weight is 528 g/mol. The van der Waals surface area contributed by atoms with E-state index in [9.17, 15) is 0 Å². The monoisotopic (exact) mass is 527 g/mol. The van der Waals surface area contributed by atoms with Crippen molar-refractivity contribution in [2.45, 2.75) is 0 Å². The summed E-state index contributed by atoms with van der Waals surface area (Å²) >= 11 is 0. The summed E-state index contributed by atoms with van der Waals surface area (Å²) in [6, 6.07) is 41.2. The van der Waals surface area contributed by atoms with Crippen molar-refractivity contribution in [2.24, 2.45) is 0 Å². The predicted octanol–water partition coefficient (Wildman–Crippen LogP) is 8.43. The van der Waals surface area contributed by atoms with Gasteiger partial charge >= 0.3 is 5.84 Å². The van der Waals surface area contributed by atoms with Gasteiger partial charge in [0.05, 0.1) is 28.1 Å². The fourth-order valence-corrected chi connectivity index (χ4v) is 5.95. The van der Waals surface area contributed by atoms with Crippen LogP contribution in [-0.2, 0) is 0 Å². The van der Waals surface area contributed by atoms with Crippen LogP contribution in [0.3, 0.4) is 0 Å². The van der Waals surface area contributed by atoms with Crippen LogP contribution in [0.4, 0.5) is 0 Å². The van der Waals surface area contributed by atoms with E-state index in [1.807, 2.05) is 60.7 Å². The van der Waals surface area contributed by atoms with Gasteiger partial charge in [-0.25, -0.2) is 9.97 Å². The van der Waals surface area contributed by atoms with Crippen LogP contribution in [-0.4, -0.2) is 23.8 Å². The van der Waals surface area contributed by atoms with Crippen molar-refractivity contribution in [3.8, 4) is 33.8 Å². The summed E-state index contributed by atoms with van der Waals surface area (Å²) in [5.41, 5.74) is 11.3. The summed E-state index contributed by atoms with van der Waals surface area (Å²) in [7, 11) is 0. The standard InChI is InChI=1S/C35H21N5O/c1-2-11-22(12-3-1)30-33(39-20-9-8-19-29(39)37-30)24-14-10-13-23(21-24)31-34-32(25-15-4-5-16-26(25)36-31)38-35-40(34)27-17-6-7-18-28(27)41-35/h1-21H. The Kier molecular flexibility index (Phi) is 4.51. The Labute approximate surface area is 233 Å². The Morgan fingerprint density at radius 3 is 2.32 bits per heavy atom. The van der Waals surface area contributed by atoms with Gasteiger partial charge in [-0.1, -0.05) is 84.9 Å². The Morgan fingerprint density at radius 1 is 0.585 bits per heavy atom. The Bertz CT molecular complexity index is 2430. The lowest BCUT2D eigenvalue weighted by Crippen LogP contribution is -1.94. The largest absolute Gasteiger partial charge is 0.423 e. The van der Waals surface area contributed by atoms with Crippen LogP contribution in [0.2, 0.25) is 0 Å². The lowest BCUT2D eigenvalue weighted by Gasteiger charge is -2.10. The predicted molar refractivity (Wildman–Crippen MR) is 163 cm³/mol. The third kappa shape index (κ3) is 3.22. The second-order valence-electron chi connectivity index (χ2n) is 10.2. The number of fused-ring (bicyclic) bond motifs is 8. The summed E-state index contributed by atoms with van der Waals surface area (Å²) in [6.07, 6.45) is 2.07. The van der Waals surface area contributed by atoms with E-state index < -0.39 is 0 Å². The summed E-state index contributed by atoms with van der Waals surface area (Å²) in [4.78, 5) is 15.2. The molecule has 0 aliphatic carbocycles. The van der Waals surface area contributed by atoms with E-state index >= 15 is 0 Å². The van der Waals surface area contributed by atoms with Gasteiger partial charge < -0.3 is 4.42 Å². The Balaban J connectivity index is 1.36. The third-order valence-corrected chi connectivity index (χ3v) is 7.76. The van der Waals surface area contributed by atoms with Gasteiger partial charge in [0.2, 0.25) is 0 Å². The molecule has 5 heterocycles. The number of para-hydroxylation sites is 3. The molecule has 0 saturated heterocycles. The molecule has 0 N–H and O–H groups in total. The Hall–Kier alpha value is -5.75. The minimum Gasteiger partial charge on any atom is -0.423 e. The molecule has 41 heavy (non-hydrogen) atoms. The summed E-state index contributed by atoms with van der Waals surface area (Å²) in [5, 5.41) is 0.999. The number of oxazole rings is 1. The van der Waals surface area contributed by atoms with Crippen molar-refractivity contribution < 1.29 is 4.42 Å². The highest BCUT2D eigenvalue weighted by atomic mass is 16.4. The first-order valence-electron chi connectivity index (χ1n) is 13.6. The number of imidazole rings is 2. The zero-order valence-electron chi connectivity index (χ0n) is 21.8. The zero-order valence-corrected chi connectivity index (χ0v) is 21.8. The minimum absolute atomic E-state index is 0.560. The van der Waals surface area contributed by atoms with E-state index in [1.165, 1.54) is 0 Å². The Morgan fingerprint density at radius 2 is 1.37 bits per heavy atom. The van der Waals surface area contributed by atoms with E-state index in [1.54, 1.807) is 0 Å². The van der Waals surface area contributed by atoms with Gasteiger partial charge in [0.15, 0.2) is 5.58 Å². The highest BCUT2D eigenvalue weighted by Crippen LogP contribution is 2.38. The topological polar surface area (TPSA) is 60.6 Å². The molecule has 0 saturated carbocycles. The number of hydrogen-bond donors (Lipinski definition) is 0. The van der Waals surface area contributed by atoms with Gasteiger partial charge in [-0.15, -0.1) is 0 Å². The third-order valence-electron chi connectivity index (χ3n) is 7.76. The van der Waals surface area contributed by atoms with Crippen LogP contribution in [0.1, 0.15) is 0 Å². The van der Waals surface area contributed by atoms with Crippen molar-refractivity contribution in [3.63, 3.8) is 0 Å². The van der Waals surface area contributed by atoms with Crippen molar-refractivity contribution in [2.75, 3.05) is 0 Å². The van der Waals surface area contributed by atoms with Crippen LogP contribution in [0.5, 0.6) is 0 Å². The molecule has 9 rings (SSSR count). The maximum atomic E-state index is 6.19. The summed E-state index contributed by atoms with van der Waals surface area (Å²) in [5.74, 6) is 0.560. The molecule has 0 spiro atoms. The number of pyridine rings is 2. The SMILES string of the molecule is c1ccc(-c2nc3ccccn3c2-c2cccc(-c3nc4ccccc4c4nc5oc6ccccc6n5c34)c2)cc1. The molecule has 192 valence electrons. The first-order valence-corrected chi connectivity index (χ1v) is 13.6. The summed E-state index contributed by atoms with van der Waals surface area (Å²) in [6.45, 7) is 0. The van der Waals surface area contributed by atoms with Crippen molar-refractivity contribution in [3.05, 3.63) is 128 Å². The fourth-order valence-electron chi connectivity index (χ4n) is 5.95. The van der Waals surface area contributed by atoms with Gasteiger partial charge in [0.1, 0.15) is 16.7 Å². The van der Waals surface area contributed by atoms with Crippen molar-refractivity contribution >= 4 is 44.5 Å². The van der Waals surface area contributed by atoms with E-state index in [-0.39, 0.29) is 0 Å². The molecular weight excluding hydrogens is 506 g/mol. The first kappa shape index (κ1) is 22.1. The maximum Gasteiger partial charge on any atom is 0.307 e. The van der Waals surface area contributed by atoms with Crippen LogP contribution in [0.25, 0.3) is 78.3 Å². The van der Waals surface area contributed by atoms with E-state index in [0.717, 1.165) is 72.5 Å². The smallest absolute Gasteiger partial charge is 0.307 e. The maximum absolute atomic E-state index is 6.19. The molecule has 0 amide bonds. The molecule has 0 atom stereocenters. The second kappa shape index (κ2) is 8.37.